The summed E-state index contributed by atoms with van der Waals surface area (Å²) in [5, 5.41) is 0. The molecule has 0 saturated carbocycles. The lowest BCUT2D eigenvalue weighted by Crippen LogP contribution is -2.33. The lowest BCUT2D eigenvalue weighted by Gasteiger charge is -2.22. The third-order valence-corrected chi connectivity index (χ3v) is 5.54. The van der Waals surface area contributed by atoms with Crippen LogP contribution >= 0.6 is 0 Å². The van der Waals surface area contributed by atoms with Gasteiger partial charge in [-0.05, 0) is 38.1 Å². The third-order valence-electron chi connectivity index (χ3n) is 3.49. The van der Waals surface area contributed by atoms with Crippen LogP contribution in [0.15, 0.2) is 54.5 Å². The van der Waals surface area contributed by atoms with Crippen LogP contribution in [0.25, 0.3) is 0 Å². The smallest absolute Gasteiger partial charge is 0.254 e. The van der Waals surface area contributed by atoms with Crippen LogP contribution in [-0.4, -0.2) is 49.7 Å². The summed E-state index contributed by atoms with van der Waals surface area (Å²) in [6, 6.07) is 5.84. The Balaban J connectivity index is 3.06. The molecule has 0 aliphatic rings. The fourth-order valence-corrected chi connectivity index (χ4v) is 3.32. The highest BCUT2D eigenvalue weighted by atomic mass is 32.2. The molecule has 0 aromatic heterocycles. The van der Waals surface area contributed by atoms with Crippen LogP contribution in [0.1, 0.15) is 24.2 Å². The monoisotopic (exact) mass is 336 g/mol. The van der Waals surface area contributed by atoms with E-state index in [1.807, 2.05) is 0 Å². The number of benzene rings is 1. The molecule has 0 saturated heterocycles. The summed E-state index contributed by atoms with van der Waals surface area (Å²) < 4.78 is 26.1. The highest BCUT2D eigenvalue weighted by Crippen LogP contribution is 2.18. The minimum absolute atomic E-state index is 0.142. The lowest BCUT2D eigenvalue weighted by atomic mass is 10.2. The van der Waals surface area contributed by atoms with Crippen molar-refractivity contribution in [2.45, 2.75) is 24.8 Å². The molecule has 0 spiro atoms. The molecule has 1 amide bonds. The maximum atomic E-state index is 12.4. The van der Waals surface area contributed by atoms with Crippen LogP contribution < -0.4 is 0 Å². The number of hydrogen-bond donors (Lipinski definition) is 0. The Morgan fingerprint density at radius 1 is 1.13 bits per heavy atom. The zero-order valence-corrected chi connectivity index (χ0v) is 14.7. The molecule has 5 nitrogen and oxygen atoms in total. The molecule has 1 rings (SSSR count). The van der Waals surface area contributed by atoms with Crippen molar-refractivity contribution in [1.29, 1.82) is 0 Å². The fraction of sp³-hybridized carbons (Fsp3) is 0.353. The number of carbonyl (C=O) groups is 1. The SMILES string of the molecule is C=CCN(CC=C)C(=O)c1ccc(S(=O)(=O)N(C)C(C)C)cc1. The molecular formula is C17H24N2O3S. The second-order valence-electron chi connectivity index (χ2n) is 5.43. The third kappa shape index (κ3) is 4.53. The highest BCUT2D eigenvalue weighted by Gasteiger charge is 2.23. The molecule has 0 fully saturated rings. The number of hydrogen-bond acceptors (Lipinski definition) is 3. The number of nitrogens with zero attached hydrogens (tertiary/aromatic N) is 2. The first-order chi connectivity index (χ1) is 10.8. The van der Waals surface area contributed by atoms with E-state index < -0.39 is 10.0 Å². The van der Waals surface area contributed by atoms with Crippen LogP contribution in [0.3, 0.4) is 0 Å². The Labute approximate surface area is 139 Å². The second-order valence-corrected chi connectivity index (χ2v) is 7.42. The van der Waals surface area contributed by atoms with Gasteiger partial charge in [0.2, 0.25) is 10.0 Å². The molecule has 0 radical (unpaired) electrons. The molecule has 0 unspecified atom stereocenters. The Morgan fingerprint density at radius 3 is 2.00 bits per heavy atom. The first-order valence-electron chi connectivity index (χ1n) is 7.34. The van der Waals surface area contributed by atoms with E-state index in [1.54, 1.807) is 30.9 Å². The van der Waals surface area contributed by atoms with Crippen molar-refractivity contribution < 1.29 is 13.2 Å². The van der Waals surface area contributed by atoms with Gasteiger partial charge < -0.3 is 4.90 Å². The van der Waals surface area contributed by atoms with Gasteiger partial charge in [0.05, 0.1) is 4.90 Å². The first kappa shape index (κ1) is 19.1. The van der Waals surface area contributed by atoms with E-state index in [1.165, 1.54) is 35.6 Å². The van der Waals surface area contributed by atoms with Gasteiger partial charge >= 0.3 is 0 Å². The van der Waals surface area contributed by atoms with Gasteiger partial charge in [0, 0.05) is 31.7 Å². The summed E-state index contributed by atoms with van der Waals surface area (Å²) >= 11 is 0. The molecule has 0 aliphatic carbocycles. The van der Waals surface area contributed by atoms with Crippen molar-refractivity contribution in [3.63, 3.8) is 0 Å². The number of rotatable bonds is 8. The van der Waals surface area contributed by atoms with Crippen LogP contribution in [0, 0.1) is 0 Å². The maximum Gasteiger partial charge on any atom is 0.254 e. The second kappa shape index (κ2) is 8.08. The van der Waals surface area contributed by atoms with E-state index in [4.69, 9.17) is 0 Å². The largest absolute Gasteiger partial charge is 0.331 e. The van der Waals surface area contributed by atoms with Gasteiger partial charge in [0.25, 0.3) is 5.91 Å². The normalized spacial score (nSPS) is 11.5. The molecule has 6 heteroatoms. The Bertz CT molecular complexity index is 654. The standard InChI is InChI=1S/C17H24N2O3S/c1-6-12-19(13-7-2)17(20)15-8-10-16(11-9-15)23(21,22)18(5)14(3)4/h6-11,14H,1-2,12-13H2,3-5H3. The van der Waals surface area contributed by atoms with E-state index in [9.17, 15) is 13.2 Å². The lowest BCUT2D eigenvalue weighted by molar-refractivity contribution is 0.0790. The van der Waals surface area contributed by atoms with Crippen LogP contribution in [0.2, 0.25) is 0 Å². The summed E-state index contributed by atoms with van der Waals surface area (Å²) in [6.07, 6.45) is 3.27. The number of sulfonamides is 1. The molecule has 126 valence electrons. The minimum Gasteiger partial charge on any atom is -0.331 e. The van der Waals surface area contributed by atoms with Gasteiger partial charge in [0.15, 0.2) is 0 Å². The molecule has 1 aromatic carbocycles. The van der Waals surface area contributed by atoms with Crippen molar-refractivity contribution in [3.8, 4) is 0 Å². The van der Waals surface area contributed by atoms with Gasteiger partial charge in [-0.15, -0.1) is 13.2 Å². The quantitative estimate of drug-likeness (QED) is 0.686. The maximum absolute atomic E-state index is 12.4. The molecule has 23 heavy (non-hydrogen) atoms. The molecule has 0 atom stereocenters. The molecule has 0 N–H and O–H groups in total. The average molecular weight is 336 g/mol. The molecule has 0 bridgehead atoms. The first-order valence-corrected chi connectivity index (χ1v) is 8.78. The Kier molecular flexibility index (Phi) is 6.72. The van der Waals surface area contributed by atoms with E-state index in [-0.39, 0.29) is 16.8 Å². The van der Waals surface area contributed by atoms with E-state index in [0.29, 0.717) is 18.7 Å². The highest BCUT2D eigenvalue weighted by molar-refractivity contribution is 7.89. The van der Waals surface area contributed by atoms with Crippen molar-refractivity contribution in [2.24, 2.45) is 0 Å². The van der Waals surface area contributed by atoms with Crippen molar-refractivity contribution in [1.82, 2.24) is 9.21 Å². The summed E-state index contributed by atoms with van der Waals surface area (Å²) in [6.45, 7) is 11.7. The van der Waals surface area contributed by atoms with Crippen LogP contribution in [-0.2, 0) is 10.0 Å². The summed E-state index contributed by atoms with van der Waals surface area (Å²) in [7, 11) is -2.01. The van der Waals surface area contributed by atoms with Gasteiger partial charge in [0.1, 0.15) is 0 Å². The zero-order valence-electron chi connectivity index (χ0n) is 13.9. The average Bonchev–Trinajstić information content (AvgIpc) is 2.53. The Morgan fingerprint density at radius 2 is 1.61 bits per heavy atom. The molecule has 1 aromatic rings. The van der Waals surface area contributed by atoms with Crippen LogP contribution in [0.5, 0.6) is 0 Å². The van der Waals surface area contributed by atoms with E-state index in [0.717, 1.165) is 0 Å². The van der Waals surface area contributed by atoms with Gasteiger partial charge in [-0.1, -0.05) is 12.2 Å². The van der Waals surface area contributed by atoms with E-state index in [2.05, 4.69) is 13.2 Å². The number of carbonyl (C=O) groups excluding carboxylic acids is 1. The van der Waals surface area contributed by atoms with E-state index >= 15 is 0 Å². The van der Waals surface area contributed by atoms with Gasteiger partial charge in [-0.2, -0.15) is 4.31 Å². The molecular weight excluding hydrogens is 312 g/mol. The van der Waals surface area contributed by atoms with Crippen molar-refractivity contribution in [2.75, 3.05) is 20.1 Å². The minimum atomic E-state index is -3.55. The molecule has 0 aliphatic heterocycles. The number of amides is 1. The van der Waals surface area contributed by atoms with Gasteiger partial charge in [-0.25, -0.2) is 8.42 Å². The summed E-state index contributed by atoms with van der Waals surface area (Å²) in [5.74, 6) is -0.189. The summed E-state index contributed by atoms with van der Waals surface area (Å²) in [5.41, 5.74) is 0.430. The van der Waals surface area contributed by atoms with Crippen molar-refractivity contribution >= 4 is 15.9 Å². The Hall–Kier alpha value is -1.92. The molecule has 0 heterocycles. The predicted molar refractivity (Wildman–Crippen MR) is 92.8 cm³/mol. The summed E-state index contributed by atoms with van der Waals surface area (Å²) in [4.78, 5) is 14.1. The predicted octanol–water partition coefficient (Wildman–Crippen LogP) is 2.53. The fourth-order valence-electron chi connectivity index (χ4n) is 1.95. The van der Waals surface area contributed by atoms with Crippen molar-refractivity contribution in [3.05, 3.63) is 55.1 Å². The van der Waals surface area contributed by atoms with Crippen LogP contribution in [0.4, 0.5) is 0 Å². The zero-order chi connectivity index (χ0) is 17.6. The topological polar surface area (TPSA) is 57.7 Å². The van der Waals surface area contributed by atoms with Gasteiger partial charge in [-0.3, -0.25) is 4.79 Å².